The Kier molecular flexibility index (Phi) is 10.3. The van der Waals surface area contributed by atoms with Crippen molar-refractivity contribution in [2.45, 2.75) is 64.3 Å². The molecule has 0 aromatic carbocycles. The second kappa shape index (κ2) is 13.9. The van der Waals surface area contributed by atoms with Crippen LogP contribution in [0.4, 0.5) is 17.3 Å². The summed E-state index contributed by atoms with van der Waals surface area (Å²) in [6, 6.07) is 4.71. The lowest BCUT2D eigenvalue weighted by molar-refractivity contribution is 0.0699. The molecule has 1 aliphatic carbocycles. The molecule has 4 rings (SSSR count). The summed E-state index contributed by atoms with van der Waals surface area (Å²) in [7, 11) is 0. The third kappa shape index (κ3) is 7.95. The van der Waals surface area contributed by atoms with E-state index in [1.54, 1.807) is 6.20 Å². The van der Waals surface area contributed by atoms with Crippen molar-refractivity contribution in [3.63, 3.8) is 0 Å². The van der Waals surface area contributed by atoms with E-state index in [-0.39, 0.29) is 0 Å². The first-order valence-corrected chi connectivity index (χ1v) is 13.7. The molecule has 2 fully saturated rings. The van der Waals surface area contributed by atoms with Gasteiger partial charge in [0.2, 0.25) is 0 Å². The molecule has 0 atom stereocenters. The number of aromatic nitrogens is 2. The average molecular weight is 502 g/mol. The lowest BCUT2D eigenvalue weighted by Crippen LogP contribution is -2.23. The summed E-state index contributed by atoms with van der Waals surface area (Å²) >= 11 is 6.61. The molecule has 2 aliphatic rings. The summed E-state index contributed by atoms with van der Waals surface area (Å²) in [5, 5.41) is 11.4. The van der Waals surface area contributed by atoms with Gasteiger partial charge >= 0.3 is 0 Å². The molecule has 3 heterocycles. The topological polar surface area (TPSA) is 80.3 Å². The van der Waals surface area contributed by atoms with Crippen LogP contribution in [-0.2, 0) is 9.47 Å². The fourth-order valence-corrected chi connectivity index (χ4v) is 5.03. The highest BCUT2D eigenvalue weighted by Gasteiger charge is 2.17. The molecule has 0 unspecified atom stereocenters. The molecule has 1 saturated heterocycles. The van der Waals surface area contributed by atoms with E-state index in [4.69, 9.17) is 26.1 Å². The second-order valence-electron chi connectivity index (χ2n) is 9.56. The number of hydrogen-bond donors (Lipinski definition) is 3. The summed E-state index contributed by atoms with van der Waals surface area (Å²) in [6.45, 7) is 6.91. The van der Waals surface area contributed by atoms with Crippen molar-refractivity contribution in [3.05, 3.63) is 29.5 Å². The summed E-state index contributed by atoms with van der Waals surface area (Å²) in [5.41, 5.74) is 2.93. The molecule has 2 aromatic rings. The Labute approximate surface area is 214 Å². The van der Waals surface area contributed by atoms with E-state index in [1.165, 1.54) is 32.1 Å². The van der Waals surface area contributed by atoms with Gasteiger partial charge in [-0.3, -0.25) is 0 Å². The third-order valence-electron chi connectivity index (χ3n) is 6.90. The number of rotatable bonds is 12. The highest BCUT2D eigenvalue weighted by Crippen LogP contribution is 2.33. The van der Waals surface area contributed by atoms with Crippen LogP contribution in [0.15, 0.2) is 24.5 Å². The molecular weight excluding hydrogens is 462 g/mol. The Hall–Kier alpha value is -2.09. The van der Waals surface area contributed by atoms with Crippen molar-refractivity contribution in [1.29, 1.82) is 0 Å². The molecular formula is C27H40ClN5O2. The smallest absolute Gasteiger partial charge is 0.149 e. The number of halogens is 1. The van der Waals surface area contributed by atoms with E-state index in [9.17, 15) is 0 Å². The molecule has 1 saturated carbocycles. The third-order valence-corrected chi connectivity index (χ3v) is 7.20. The van der Waals surface area contributed by atoms with E-state index in [0.717, 1.165) is 87.2 Å². The van der Waals surface area contributed by atoms with Gasteiger partial charge in [-0.25, -0.2) is 9.97 Å². The first kappa shape index (κ1) is 26.0. The summed E-state index contributed by atoms with van der Waals surface area (Å²) in [4.78, 5) is 9.33. The average Bonchev–Trinajstić information content (AvgIpc) is 2.90. The van der Waals surface area contributed by atoms with E-state index in [0.29, 0.717) is 17.0 Å². The van der Waals surface area contributed by atoms with E-state index in [1.807, 2.05) is 13.1 Å². The maximum absolute atomic E-state index is 6.61. The zero-order valence-corrected chi connectivity index (χ0v) is 21.7. The molecule has 3 N–H and O–H groups in total. The van der Waals surface area contributed by atoms with Crippen LogP contribution in [0.2, 0.25) is 5.02 Å². The van der Waals surface area contributed by atoms with Crippen molar-refractivity contribution in [3.8, 4) is 11.1 Å². The Morgan fingerprint density at radius 1 is 1.03 bits per heavy atom. The minimum absolute atomic E-state index is 0.489. The van der Waals surface area contributed by atoms with Crippen molar-refractivity contribution >= 4 is 28.9 Å². The lowest BCUT2D eigenvalue weighted by atomic mass is 9.95. The Morgan fingerprint density at radius 2 is 1.86 bits per heavy atom. The van der Waals surface area contributed by atoms with Crippen molar-refractivity contribution in [2.24, 2.45) is 5.92 Å². The van der Waals surface area contributed by atoms with Crippen LogP contribution < -0.4 is 16.0 Å². The van der Waals surface area contributed by atoms with Crippen LogP contribution in [0.1, 0.15) is 58.3 Å². The van der Waals surface area contributed by atoms with Crippen LogP contribution >= 0.6 is 11.6 Å². The molecule has 0 amide bonds. The number of nitrogens with one attached hydrogen (secondary N) is 3. The standard InChI is InChI=1S/C27H40ClN5O2/c1-2-34-12-6-11-29-27-25(30-17-20-9-13-35-14-10-20)15-21(18-32-27)23-16-26(31-19-24(23)28)33-22-7-4-3-5-8-22/h15-16,18-20,22,30H,2-14,17H2,1H3,(H,29,32)(H,31,33). The van der Waals surface area contributed by atoms with Crippen molar-refractivity contribution in [2.75, 3.05) is 55.5 Å². The van der Waals surface area contributed by atoms with Gasteiger partial charge in [0.05, 0.1) is 10.7 Å². The first-order chi connectivity index (χ1) is 17.2. The zero-order chi connectivity index (χ0) is 24.3. The van der Waals surface area contributed by atoms with Crippen LogP contribution in [0.3, 0.4) is 0 Å². The number of ether oxygens (including phenoxy) is 2. The summed E-state index contributed by atoms with van der Waals surface area (Å²) in [5.74, 6) is 2.35. The quantitative estimate of drug-likeness (QED) is 0.298. The Bertz CT molecular complexity index is 916. The molecule has 192 valence electrons. The number of pyridine rings is 2. The highest BCUT2D eigenvalue weighted by molar-refractivity contribution is 6.33. The van der Waals surface area contributed by atoms with Gasteiger partial charge in [-0.15, -0.1) is 0 Å². The largest absolute Gasteiger partial charge is 0.382 e. The van der Waals surface area contributed by atoms with E-state index >= 15 is 0 Å². The van der Waals surface area contributed by atoms with Gasteiger partial charge in [-0.2, -0.15) is 0 Å². The maximum atomic E-state index is 6.61. The molecule has 2 aromatic heterocycles. The molecule has 0 radical (unpaired) electrons. The minimum atomic E-state index is 0.489. The van der Waals surface area contributed by atoms with Crippen molar-refractivity contribution in [1.82, 2.24) is 9.97 Å². The van der Waals surface area contributed by atoms with Gasteiger partial charge in [-0.05, 0) is 57.1 Å². The van der Waals surface area contributed by atoms with E-state index in [2.05, 4.69) is 33.1 Å². The number of hydrogen-bond acceptors (Lipinski definition) is 7. The molecule has 0 bridgehead atoms. The fourth-order valence-electron chi connectivity index (χ4n) is 4.81. The minimum Gasteiger partial charge on any atom is -0.382 e. The summed E-state index contributed by atoms with van der Waals surface area (Å²) < 4.78 is 11.0. The monoisotopic (exact) mass is 501 g/mol. The molecule has 0 spiro atoms. The fraction of sp³-hybridized carbons (Fsp3) is 0.630. The second-order valence-corrected chi connectivity index (χ2v) is 9.97. The van der Waals surface area contributed by atoms with Gasteiger partial charge < -0.3 is 25.4 Å². The maximum Gasteiger partial charge on any atom is 0.149 e. The van der Waals surface area contributed by atoms with Gasteiger partial charge in [0.1, 0.15) is 11.6 Å². The number of nitrogens with zero attached hydrogens (tertiary/aromatic N) is 2. The predicted molar refractivity (Wildman–Crippen MR) is 145 cm³/mol. The van der Waals surface area contributed by atoms with Crippen LogP contribution in [0, 0.1) is 5.92 Å². The molecule has 35 heavy (non-hydrogen) atoms. The molecule has 8 heteroatoms. The Morgan fingerprint density at radius 3 is 2.66 bits per heavy atom. The van der Waals surface area contributed by atoms with Crippen LogP contribution in [0.5, 0.6) is 0 Å². The SMILES string of the molecule is CCOCCCNc1ncc(-c2cc(NC3CCCCC3)ncc2Cl)cc1NCC1CCOCC1. The van der Waals surface area contributed by atoms with Gasteiger partial charge in [0.15, 0.2) is 0 Å². The first-order valence-electron chi connectivity index (χ1n) is 13.3. The van der Waals surface area contributed by atoms with Gasteiger partial charge in [0.25, 0.3) is 0 Å². The van der Waals surface area contributed by atoms with Gasteiger partial charge in [0, 0.05) is 69.1 Å². The normalized spacial score (nSPS) is 17.3. The molecule has 7 nitrogen and oxygen atoms in total. The van der Waals surface area contributed by atoms with Crippen LogP contribution in [-0.4, -0.2) is 55.5 Å². The predicted octanol–water partition coefficient (Wildman–Crippen LogP) is 6.22. The van der Waals surface area contributed by atoms with Gasteiger partial charge in [-0.1, -0.05) is 30.9 Å². The zero-order valence-electron chi connectivity index (χ0n) is 21.0. The van der Waals surface area contributed by atoms with Crippen LogP contribution in [0.25, 0.3) is 11.1 Å². The summed E-state index contributed by atoms with van der Waals surface area (Å²) in [6.07, 6.45) is 13.0. The van der Waals surface area contributed by atoms with Crippen molar-refractivity contribution < 1.29 is 9.47 Å². The lowest BCUT2D eigenvalue weighted by Gasteiger charge is -2.24. The van der Waals surface area contributed by atoms with E-state index < -0.39 is 0 Å². The molecule has 1 aliphatic heterocycles. The number of anilines is 3. The Balaban J connectivity index is 1.50. The highest BCUT2D eigenvalue weighted by atomic mass is 35.5.